The van der Waals surface area contributed by atoms with E-state index in [0.29, 0.717) is 17.5 Å². The van der Waals surface area contributed by atoms with Gasteiger partial charge in [-0.25, -0.2) is 0 Å². The third-order valence-electron chi connectivity index (χ3n) is 3.87. The fourth-order valence-corrected chi connectivity index (χ4v) is 3.67. The Morgan fingerprint density at radius 2 is 1.96 bits per heavy atom. The first kappa shape index (κ1) is 19.4. The van der Waals surface area contributed by atoms with Crippen LogP contribution in [0.4, 0.5) is 0 Å². The van der Waals surface area contributed by atoms with Crippen LogP contribution in [0.1, 0.15) is 5.56 Å². The van der Waals surface area contributed by atoms with Crippen LogP contribution in [0, 0.1) is 0 Å². The number of rotatable bonds is 7. The fourth-order valence-electron chi connectivity index (χ4n) is 2.43. The highest BCUT2D eigenvalue weighted by Gasteiger charge is 2.16. The van der Waals surface area contributed by atoms with Crippen molar-refractivity contribution in [2.45, 2.75) is 11.7 Å². The smallest absolute Gasteiger partial charge is 0.233 e. The monoisotopic (exact) mass is 447 g/mol. The molecule has 1 heterocycles. The maximum absolute atomic E-state index is 12.5. The molecule has 0 aliphatic rings. The van der Waals surface area contributed by atoms with Gasteiger partial charge in [-0.2, -0.15) is 4.68 Å². The van der Waals surface area contributed by atoms with Crippen LogP contribution in [0.3, 0.4) is 0 Å². The highest BCUT2D eigenvalue weighted by molar-refractivity contribution is 9.10. The number of benzene rings is 2. The first-order chi connectivity index (χ1) is 13.1. The van der Waals surface area contributed by atoms with Gasteiger partial charge in [-0.1, -0.05) is 58.0 Å². The topological polar surface area (TPSA) is 73.1 Å². The van der Waals surface area contributed by atoms with Crippen LogP contribution in [0.15, 0.2) is 58.2 Å². The Hall–Kier alpha value is -2.39. The lowest BCUT2D eigenvalue weighted by atomic mass is 10.2. The average molecular weight is 448 g/mol. The third-order valence-corrected chi connectivity index (χ3v) is 5.55. The Balaban J connectivity index is 1.66. The lowest BCUT2D eigenvalue weighted by molar-refractivity contribution is -0.127. The van der Waals surface area contributed by atoms with E-state index in [1.54, 1.807) is 23.7 Å². The second kappa shape index (κ2) is 9.01. The Kier molecular flexibility index (Phi) is 6.46. The van der Waals surface area contributed by atoms with E-state index in [1.165, 1.54) is 11.8 Å². The van der Waals surface area contributed by atoms with Crippen molar-refractivity contribution in [1.82, 2.24) is 25.1 Å². The molecule has 0 aliphatic carbocycles. The molecular weight excluding hydrogens is 430 g/mol. The zero-order valence-corrected chi connectivity index (χ0v) is 17.3. The maximum Gasteiger partial charge on any atom is 0.233 e. The number of ether oxygens (including phenoxy) is 1. The van der Waals surface area contributed by atoms with Gasteiger partial charge in [-0.15, -0.1) is 5.10 Å². The highest BCUT2D eigenvalue weighted by Crippen LogP contribution is 2.26. The number of hydrogen-bond donors (Lipinski definition) is 0. The molecule has 0 N–H and O–H groups in total. The summed E-state index contributed by atoms with van der Waals surface area (Å²) in [5.41, 5.74) is 1.78. The summed E-state index contributed by atoms with van der Waals surface area (Å²) < 4.78 is 7.92. The van der Waals surface area contributed by atoms with Gasteiger partial charge in [0.1, 0.15) is 11.4 Å². The minimum absolute atomic E-state index is 0.00895. The standard InChI is InChI=1S/C18H18BrN5O2S/c1-23(11-13-7-3-4-8-14(13)19)17(25)12-27-18-20-21-22-24(18)15-9-5-6-10-16(15)26-2/h3-10H,11-12H2,1-2H3. The number of amides is 1. The molecule has 0 saturated carbocycles. The maximum atomic E-state index is 12.5. The van der Waals surface area contributed by atoms with E-state index in [9.17, 15) is 4.79 Å². The second-order valence-corrected chi connectivity index (χ2v) is 7.47. The summed E-state index contributed by atoms with van der Waals surface area (Å²) in [5, 5.41) is 12.3. The first-order valence-electron chi connectivity index (χ1n) is 8.12. The minimum Gasteiger partial charge on any atom is -0.494 e. The quantitative estimate of drug-likeness (QED) is 0.517. The Bertz CT molecular complexity index is 933. The van der Waals surface area contributed by atoms with E-state index in [4.69, 9.17) is 4.74 Å². The summed E-state index contributed by atoms with van der Waals surface area (Å²) in [4.78, 5) is 14.2. The van der Waals surface area contributed by atoms with E-state index in [0.717, 1.165) is 15.7 Å². The van der Waals surface area contributed by atoms with Crippen LogP contribution in [0.5, 0.6) is 5.75 Å². The molecule has 1 aromatic heterocycles. The molecule has 0 spiro atoms. The van der Waals surface area contributed by atoms with E-state index in [-0.39, 0.29) is 11.7 Å². The van der Waals surface area contributed by atoms with Crippen LogP contribution in [0.25, 0.3) is 5.69 Å². The average Bonchev–Trinajstić information content (AvgIpc) is 3.16. The summed E-state index contributed by atoms with van der Waals surface area (Å²) in [6.45, 7) is 0.526. The molecule has 27 heavy (non-hydrogen) atoms. The lowest BCUT2D eigenvalue weighted by Gasteiger charge is -2.17. The molecule has 0 bridgehead atoms. The van der Waals surface area contributed by atoms with Crippen molar-refractivity contribution < 1.29 is 9.53 Å². The van der Waals surface area contributed by atoms with Gasteiger partial charge in [0.25, 0.3) is 0 Å². The number of hydrogen-bond acceptors (Lipinski definition) is 6. The van der Waals surface area contributed by atoms with E-state index in [2.05, 4.69) is 31.5 Å². The highest BCUT2D eigenvalue weighted by atomic mass is 79.9. The largest absolute Gasteiger partial charge is 0.494 e. The first-order valence-corrected chi connectivity index (χ1v) is 9.90. The summed E-state index contributed by atoms with van der Waals surface area (Å²) in [7, 11) is 3.38. The van der Waals surface area contributed by atoms with Crippen LogP contribution < -0.4 is 4.74 Å². The zero-order valence-electron chi connectivity index (χ0n) is 14.9. The van der Waals surface area contributed by atoms with Crippen molar-refractivity contribution in [3.63, 3.8) is 0 Å². The SMILES string of the molecule is COc1ccccc1-n1nnnc1SCC(=O)N(C)Cc1ccccc1Br. The minimum atomic E-state index is -0.00895. The van der Waals surface area contributed by atoms with Crippen molar-refractivity contribution >= 4 is 33.6 Å². The van der Waals surface area contributed by atoms with E-state index < -0.39 is 0 Å². The molecule has 0 radical (unpaired) electrons. The third kappa shape index (κ3) is 4.67. The number of nitrogens with zero attached hydrogens (tertiary/aromatic N) is 5. The van der Waals surface area contributed by atoms with Gasteiger partial charge < -0.3 is 9.64 Å². The van der Waals surface area contributed by atoms with Gasteiger partial charge in [0.05, 0.1) is 12.9 Å². The van der Waals surface area contributed by atoms with Gasteiger partial charge in [-0.3, -0.25) is 4.79 Å². The van der Waals surface area contributed by atoms with Gasteiger partial charge in [-0.05, 0) is 34.2 Å². The Morgan fingerprint density at radius 3 is 2.74 bits per heavy atom. The van der Waals surface area contributed by atoms with Gasteiger partial charge in [0.15, 0.2) is 0 Å². The number of methoxy groups -OCH3 is 1. The van der Waals surface area contributed by atoms with Gasteiger partial charge >= 0.3 is 0 Å². The van der Waals surface area contributed by atoms with Crippen molar-refractivity contribution in [3.8, 4) is 11.4 Å². The molecule has 7 nitrogen and oxygen atoms in total. The van der Waals surface area contributed by atoms with Crippen LogP contribution in [-0.2, 0) is 11.3 Å². The predicted molar refractivity (Wildman–Crippen MR) is 107 cm³/mol. The molecule has 0 unspecified atom stereocenters. The molecular formula is C18H18BrN5O2S. The number of aromatic nitrogens is 4. The number of halogens is 1. The van der Waals surface area contributed by atoms with E-state index >= 15 is 0 Å². The molecule has 140 valence electrons. The van der Waals surface area contributed by atoms with Crippen molar-refractivity contribution in [2.75, 3.05) is 19.9 Å². The summed E-state index contributed by atoms with van der Waals surface area (Å²) >= 11 is 4.80. The normalized spacial score (nSPS) is 10.6. The predicted octanol–water partition coefficient (Wildman–Crippen LogP) is 3.18. The summed E-state index contributed by atoms with van der Waals surface area (Å²) in [5.74, 6) is 0.880. The van der Waals surface area contributed by atoms with Crippen molar-refractivity contribution in [2.24, 2.45) is 0 Å². The molecule has 9 heteroatoms. The number of carbonyl (C=O) groups is 1. The molecule has 1 amide bonds. The Morgan fingerprint density at radius 1 is 1.22 bits per heavy atom. The molecule has 0 fully saturated rings. The van der Waals surface area contributed by atoms with Crippen molar-refractivity contribution in [3.05, 3.63) is 58.6 Å². The number of tetrazole rings is 1. The molecule has 3 rings (SSSR count). The van der Waals surface area contributed by atoms with Crippen LogP contribution in [-0.4, -0.2) is 50.9 Å². The van der Waals surface area contributed by atoms with Crippen molar-refractivity contribution in [1.29, 1.82) is 0 Å². The number of para-hydroxylation sites is 2. The number of carbonyl (C=O) groups excluding carboxylic acids is 1. The van der Waals surface area contributed by atoms with Gasteiger partial charge in [0, 0.05) is 18.1 Å². The van der Waals surface area contributed by atoms with Crippen LogP contribution in [0.2, 0.25) is 0 Å². The molecule has 3 aromatic rings. The van der Waals surface area contributed by atoms with E-state index in [1.807, 2.05) is 48.5 Å². The lowest BCUT2D eigenvalue weighted by Crippen LogP contribution is -2.28. The molecule has 0 saturated heterocycles. The van der Waals surface area contributed by atoms with Crippen LogP contribution >= 0.6 is 27.7 Å². The van der Waals surface area contributed by atoms with Gasteiger partial charge in [0.2, 0.25) is 11.1 Å². The fraction of sp³-hybridized carbons (Fsp3) is 0.222. The number of thioether (sulfide) groups is 1. The molecule has 0 atom stereocenters. The Labute approximate surface area is 169 Å². The molecule has 0 aliphatic heterocycles. The summed E-state index contributed by atoms with van der Waals surface area (Å²) in [6.07, 6.45) is 0. The summed E-state index contributed by atoms with van der Waals surface area (Å²) in [6, 6.07) is 15.3. The zero-order chi connectivity index (χ0) is 19.2. The molecule has 2 aromatic carbocycles. The second-order valence-electron chi connectivity index (χ2n) is 5.67.